The molecule has 0 rings (SSSR count). The van der Waals surface area contributed by atoms with Crippen molar-refractivity contribution in [3.05, 3.63) is 48.6 Å². The minimum Gasteiger partial charge on any atom is -0.394 e. The number of hydrogen-bond acceptors (Lipinski definition) is 4. The molecular formula is C31H55NO4. The van der Waals surface area contributed by atoms with E-state index in [4.69, 9.17) is 0 Å². The van der Waals surface area contributed by atoms with E-state index in [0.29, 0.717) is 12.8 Å². The lowest BCUT2D eigenvalue weighted by Gasteiger charge is -2.26. The zero-order valence-corrected chi connectivity index (χ0v) is 23.1. The number of aliphatic hydroxyl groups is 3. The first-order valence-electron chi connectivity index (χ1n) is 14.4. The lowest BCUT2D eigenvalue weighted by molar-refractivity contribution is -0.124. The molecule has 0 aliphatic carbocycles. The first kappa shape index (κ1) is 34.3. The zero-order chi connectivity index (χ0) is 26.7. The highest BCUT2D eigenvalue weighted by atomic mass is 16.3. The van der Waals surface area contributed by atoms with Crippen molar-refractivity contribution in [2.45, 2.75) is 135 Å². The van der Waals surface area contributed by atoms with Crippen LogP contribution >= 0.6 is 0 Å². The van der Waals surface area contributed by atoms with Crippen LogP contribution in [-0.4, -0.2) is 46.1 Å². The highest BCUT2D eigenvalue weighted by molar-refractivity contribution is 5.76. The lowest BCUT2D eigenvalue weighted by Crippen LogP contribution is -2.50. The van der Waals surface area contributed by atoms with Crippen LogP contribution in [0.25, 0.3) is 0 Å². The third-order valence-electron chi connectivity index (χ3n) is 6.16. The molecule has 0 spiro atoms. The van der Waals surface area contributed by atoms with Crippen LogP contribution in [0.5, 0.6) is 0 Å². The topological polar surface area (TPSA) is 89.8 Å². The Morgan fingerprint density at radius 3 is 2.00 bits per heavy atom. The minimum absolute atomic E-state index is 0.233. The maximum atomic E-state index is 12.2. The summed E-state index contributed by atoms with van der Waals surface area (Å²) in [5.41, 5.74) is 0. The van der Waals surface area contributed by atoms with Crippen LogP contribution in [0.1, 0.15) is 117 Å². The molecule has 1 amide bonds. The van der Waals surface area contributed by atoms with Crippen molar-refractivity contribution in [3.8, 4) is 0 Å². The van der Waals surface area contributed by atoms with Crippen LogP contribution < -0.4 is 5.32 Å². The van der Waals surface area contributed by atoms with E-state index >= 15 is 0 Å². The number of nitrogens with one attached hydrogen (secondary N) is 1. The molecule has 4 N–H and O–H groups in total. The Morgan fingerprint density at radius 1 is 0.722 bits per heavy atom. The highest BCUT2D eigenvalue weighted by Gasteiger charge is 2.26. The lowest BCUT2D eigenvalue weighted by atomic mass is 10.0. The van der Waals surface area contributed by atoms with Crippen molar-refractivity contribution in [1.82, 2.24) is 5.32 Å². The summed E-state index contributed by atoms with van der Waals surface area (Å²) in [6, 6.07) is -0.859. The average Bonchev–Trinajstić information content (AvgIpc) is 2.88. The van der Waals surface area contributed by atoms with Crippen LogP contribution in [-0.2, 0) is 4.79 Å². The fraction of sp³-hybridized carbons (Fsp3) is 0.710. The maximum absolute atomic E-state index is 12.2. The number of amides is 1. The van der Waals surface area contributed by atoms with E-state index in [0.717, 1.165) is 44.9 Å². The normalized spacial score (nSPS) is 14.9. The van der Waals surface area contributed by atoms with Gasteiger partial charge >= 0.3 is 0 Å². The van der Waals surface area contributed by atoms with Gasteiger partial charge in [-0.05, 0) is 64.2 Å². The van der Waals surface area contributed by atoms with Crippen molar-refractivity contribution < 1.29 is 20.1 Å². The minimum atomic E-state index is -1.19. The largest absolute Gasteiger partial charge is 0.394 e. The van der Waals surface area contributed by atoms with Gasteiger partial charge in [-0.2, -0.15) is 0 Å². The summed E-state index contributed by atoms with van der Waals surface area (Å²) in [6.45, 7) is 3.95. The zero-order valence-electron chi connectivity index (χ0n) is 23.1. The molecule has 5 heteroatoms. The fourth-order valence-electron chi connectivity index (χ4n) is 3.88. The number of unbranched alkanes of at least 4 members (excludes halogenated alkanes) is 8. The standard InChI is InChI=1S/C31H55NO4/c1-3-5-7-9-11-13-14-15-16-18-20-22-24-26-30(35)32-28(27-33)31(36)29(34)25-23-21-19-17-12-10-8-6-4-2/h6,8,15-17,19-20,22,28-29,31,33-34,36H,3-5,7,9-14,18,21,23-27H2,1-2H3,(H,32,35)/b8-6+,16-15-,19-17+,22-20-. The third kappa shape index (κ3) is 21.6. The molecule has 0 aromatic rings. The van der Waals surface area contributed by atoms with Gasteiger partial charge in [-0.3, -0.25) is 4.79 Å². The van der Waals surface area contributed by atoms with E-state index in [1.807, 2.05) is 6.08 Å². The monoisotopic (exact) mass is 505 g/mol. The van der Waals surface area contributed by atoms with Gasteiger partial charge < -0.3 is 20.6 Å². The van der Waals surface area contributed by atoms with E-state index in [9.17, 15) is 20.1 Å². The van der Waals surface area contributed by atoms with Gasteiger partial charge in [0.2, 0.25) is 5.91 Å². The Balaban J connectivity index is 3.97. The number of aliphatic hydroxyl groups excluding tert-OH is 3. The fourth-order valence-corrected chi connectivity index (χ4v) is 3.88. The summed E-state index contributed by atoms with van der Waals surface area (Å²) in [5.74, 6) is -0.233. The molecule has 0 fully saturated rings. The summed E-state index contributed by atoms with van der Waals surface area (Å²) in [5, 5.41) is 32.9. The van der Waals surface area contributed by atoms with Gasteiger partial charge in [0.1, 0.15) is 6.10 Å². The van der Waals surface area contributed by atoms with Crippen LogP contribution in [0.2, 0.25) is 0 Å². The van der Waals surface area contributed by atoms with Crippen LogP contribution in [0.15, 0.2) is 48.6 Å². The third-order valence-corrected chi connectivity index (χ3v) is 6.16. The number of carbonyl (C=O) groups excluding carboxylic acids is 1. The highest BCUT2D eigenvalue weighted by Crippen LogP contribution is 2.10. The number of carbonyl (C=O) groups is 1. The van der Waals surface area contributed by atoms with E-state index in [-0.39, 0.29) is 12.3 Å². The molecule has 0 aliphatic rings. The quantitative estimate of drug-likeness (QED) is 0.0869. The molecular weight excluding hydrogens is 450 g/mol. The molecule has 0 aliphatic heterocycles. The SMILES string of the molecule is CC/C=C/CC/C=C/CCCC(O)C(O)C(CO)NC(=O)CC/C=C\C/C=C\CCCCCCCC. The van der Waals surface area contributed by atoms with Crippen LogP contribution in [0.4, 0.5) is 0 Å². The maximum Gasteiger partial charge on any atom is 0.220 e. The first-order chi connectivity index (χ1) is 17.6. The molecule has 36 heavy (non-hydrogen) atoms. The van der Waals surface area contributed by atoms with E-state index in [1.165, 1.54) is 38.5 Å². The van der Waals surface area contributed by atoms with Gasteiger partial charge in [0.15, 0.2) is 0 Å². The first-order valence-corrected chi connectivity index (χ1v) is 14.4. The Hall–Kier alpha value is -1.69. The van der Waals surface area contributed by atoms with Crippen LogP contribution in [0, 0.1) is 0 Å². The van der Waals surface area contributed by atoms with Gasteiger partial charge in [-0.15, -0.1) is 0 Å². The van der Waals surface area contributed by atoms with Crippen molar-refractivity contribution in [2.75, 3.05) is 6.61 Å². The molecule has 0 bridgehead atoms. The molecule has 208 valence electrons. The molecule has 3 unspecified atom stereocenters. The molecule has 0 aromatic heterocycles. The Labute approximate surface area is 221 Å². The predicted octanol–water partition coefficient (Wildman–Crippen LogP) is 6.69. The Morgan fingerprint density at radius 2 is 1.31 bits per heavy atom. The molecule has 0 aromatic carbocycles. The van der Waals surface area contributed by atoms with Crippen LogP contribution in [0.3, 0.4) is 0 Å². The number of allylic oxidation sites excluding steroid dienone is 8. The smallest absolute Gasteiger partial charge is 0.220 e. The van der Waals surface area contributed by atoms with E-state index < -0.39 is 24.9 Å². The summed E-state index contributed by atoms with van der Waals surface area (Å²) in [6.07, 6.45) is 30.7. The van der Waals surface area contributed by atoms with Gasteiger partial charge in [-0.25, -0.2) is 0 Å². The molecule has 5 nitrogen and oxygen atoms in total. The van der Waals surface area contributed by atoms with Crippen molar-refractivity contribution >= 4 is 5.91 Å². The van der Waals surface area contributed by atoms with Crippen molar-refractivity contribution in [1.29, 1.82) is 0 Å². The predicted molar refractivity (Wildman–Crippen MR) is 153 cm³/mol. The molecule has 0 saturated carbocycles. The summed E-state index contributed by atoms with van der Waals surface area (Å²) >= 11 is 0. The number of rotatable bonds is 24. The van der Waals surface area contributed by atoms with Crippen molar-refractivity contribution in [3.63, 3.8) is 0 Å². The summed E-state index contributed by atoms with van der Waals surface area (Å²) in [4.78, 5) is 12.2. The Kier molecular flexibility index (Phi) is 25.1. The second kappa shape index (κ2) is 26.4. The Bertz CT molecular complexity index is 612. The van der Waals surface area contributed by atoms with Gasteiger partial charge in [0.05, 0.1) is 18.8 Å². The summed E-state index contributed by atoms with van der Waals surface area (Å²) in [7, 11) is 0. The molecule has 0 heterocycles. The molecule has 3 atom stereocenters. The van der Waals surface area contributed by atoms with Gasteiger partial charge in [0.25, 0.3) is 0 Å². The average molecular weight is 506 g/mol. The van der Waals surface area contributed by atoms with Gasteiger partial charge in [-0.1, -0.05) is 94.6 Å². The molecule has 0 radical (unpaired) electrons. The van der Waals surface area contributed by atoms with E-state index in [2.05, 4.69) is 61.7 Å². The van der Waals surface area contributed by atoms with Crippen molar-refractivity contribution in [2.24, 2.45) is 0 Å². The second-order valence-electron chi connectivity index (χ2n) is 9.55. The van der Waals surface area contributed by atoms with E-state index in [1.54, 1.807) is 0 Å². The van der Waals surface area contributed by atoms with Gasteiger partial charge in [0, 0.05) is 6.42 Å². The second-order valence-corrected chi connectivity index (χ2v) is 9.55. The summed E-state index contributed by atoms with van der Waals surface area (Å²) < 4.78 is 0. The molecule has 0 saturated heterocycles. The number of hydrogen-bond donors (Lipinski definition) is 4.